The van der Waals surface area contributed by atoms with E-state index in [1.165, 1.54) is 5.57 Å². The summed E-state index contributed by atoms with van der Waals surface area (Å²) >= 11 is 0. The highest BCUT2D eigenvalue weighted by molar-refractivity contribution is 5.41. The van der Waals surface area contributed by atoms with Crippen molar-refractivity contribution in [2.75, 3.05) is 6.61 Å². The van der Waals surface area contributed by atoms with Crippen molar-refractivity contribution in [3.05, 3.63) is 22.8 Å². The zero-order valence-electron chi connectivity index (χ0n) is 15.3. The molecule has 0 aromatic rings. The van der Waals surface area contributed by atoms with Gasteiger partial charge in [-0.3, -0.25) is 0 Å². The lowest BCUT2D eigenvalue weighted by atomic mass is 9.61. The number of hydrogen-bond donors (Lipinski definition) is 2. The van der Waals surface area contributed by atoms with Crippen molar-refractivity contribution in [1.29, 1.82) is 0 Å². The molecule has 4 heteroatoms. The SMILES string of the molecule is C/C1=C\CC[C@@]2(C)O[C@@H]2[C@@]2(O)OCC3=C2[C@@H](O)C[C@@H](C)[C@]3(C)CC1. The van der Waals surface area contributed by atoms with Crippen molar-refractivity contribution in [2.24, 2.45) is 11.3 Å². The van der Waals surface area contributed by atoms with Crippen molar-refractivity contribution in [3.63, 3.8) is 0 Å². The molecule has 4 rings (SSSR count). The molecule has 1 saturated heterocycles. The van der Waals surface area contributed by atoms with Crippen LogP contribution in [0, 0.1) is 11.3 Å². The molecule has 2 aliphatic heterocycles. The number of allylic oxidation sites excluding steroid dienone is 2. The molecule has 0 aromatic heterocycles. The van der Waals surface area contributed by atoms with Crippen LogP contribution in [0.5, 0.6) is 0 Å². The second-order valence-corrected chi connectivity index (χ2v) is 8.85. The Labute approximate surface area is 144 Å². The molecule has 6 atom stereocenters. The molecule has 4 nitrogen and oxygen atoms in total. The first-order valence-corrected chi connectivity index (χ1v) is 9.32. The van der Waals surface area contributed by atoms with E-state index in [1.54, 1.807) is 0 Å². The third-order valence-corrected chi connectivity index (χ3v) is 7.25. The molecule has 0 amide bonds. The molecule has 0 radical (unpaired) electrons. The Bertz CT molecular complexity index is 623. The van der Waals surface area contributed by atoms with Gasteiger partial charge in [-0.2, -0.15) is 0 Å². The van der Waals surface area contributed by atoms with Crippen molar-refractivity contribution in [2.45, 2.75) is 83.4 Å². The van der Waals surface area contributed by atoms with Crippen LogP contribution in [0.25, 0.3) is 0 Å². The van der Waals surface area contributed by atoms with E-state index in [-0.39, 0.29) is 17.1 Å². The molecule has 2 N–H and O–H groups in total. The smallest absolute Gasteiger partial charge is 0.221 e. The van der Waals surface area contributed by atoms with Gasteiger partial charge in [0.1, 0.15) is 6.10 Å². The number of fused-ring (bicyclic) bond motifs is 2. The summed E-state index contributed by atoms with van der Waals surface area (Å²) < 4.78 is 11.9. The molecule has 4 aliphatic rings. The lowest BCUT2D eigenvalue weighted by Crippen LogP contribution is -2.47. The van der Waals surface area contributed by atoms with Gasteiger partial charge >= 0.3 is 0 Å². The van der Waals surface area contributed by atoms with Crippen LogP contribution < -0.4 is 0 Å². The van der Waals surface area contributed by atoms with Crippen LogP contribution in [0.15, 0.2) is 22.8 Å². The minimum atomic E-state index is -1.46. The molecule has 2 heterocycles. The Hall–Kier alpha value is -0.680. The largest absolute Gasteiger partial charge is 0.389 e. The minimum Gasteiger partial charge on any atom is -0.389 e. The average molecular weight is 334 g/mol. The number of epoxide rings is 1. The zero-order valence-corrected chi connectivity index (χ0v) is 15.3. The Morgan fingerprint density at radius 1 is 1.25 bits per heavy atom. The van der Waals surface area contributed by atoms with Gasteiger partial charge in [-0.05, 0) is 62.9 Å². The molecule has 0 spiro atoms. The van der Waals surface area contributed by atoms with Gasteiger partial charge in [-0.1, -0.05) is 25.5 Å². The topological polar surface area (TPSA) is 62.2 Å². The maximum Gasteiger partial charge on any atom is 0.221 e. The Kier molecular flexibility index (Phi) is 3.61. The number of aliphatic hydroxyl groups excluding tert-OH is 1. The van der Waals surface area contributed by atoms with Gasteiger partial charge in [-0.25, -0.2) is 0 Å². The van der Waals surface area contributed by atoms with Gasteiger partial charge in [0.2, 0.25) is 5.79 Å². The summed E-state index contributed by atoms with van der Waals surface area (Å²) in [5.41, 5.74) is 2.83. The predicted octanol–water partition coefficient (Wildman–Crippen LogP) is 3.09. The van der Waals surface area contributed by atoms with E-state index in [0.717, 1.165) is 31.3 Å². The third-order valence-electron chi connectivity index (χ3n) is 7.25. The molecular weight excluding hydrogens is 304 g/mol. The highest BCUT2D eigenvalue weighted by Crippen LogP contribution is 2.59. The van der Waals surface area contributed by atoms with E-state index in [4.69, 9.17) is 9.47 Å². The van der Waals surface area contributed by atoms with Crippen LogP contribution in [-0.4, -0.2) is 40.4 Å². The number of aliphatic hydroxyl groups is 2. The van der Waals surface area contributed by atoms with E-state index >= 15 is 0 Å². The summed E-state index contributed by atoms with van der Waals surface area (Å²) in [6, 6.07) is 0. The third kappa shape index (κ3) is 2.20. The van der Waals surface area contributed by atoms with Crippen LogP contribution in [0.4, 0.5) is 0 Å². The van der Waals surface area contributed by atoms with E-state index < -0.39 is 11.9 Å². The average Bonchev–Trinajstić information content (AvgIpc) is 3.05. The fourth-order valence-corrected chi connectivity index (χ4v) is 5.17. The second-order valence-electron chi connectivity index (χ2n) is 8.85. The maximum atomic E-state index is 11.3. The molecule has 2 aliphatic carbocycles. The van der Waals surface area contributed by atoms with Gasteiger partial charge in [0.15, 0.2) is 0 Å². The van der Waals surface area contributed by atoms with Crippen LogP contribution in [0.2, 0.25) is 0 Å². The fourth-order valence-electron chi connectivity index (χ4n) is 5.17. The predicted molar refractivity (Wildman–Crippen MR) is 91.3 cm³/mol. The van der Waals surface area contributed by atoms with Crippen molar-refractivity contribution < 1.29 is 19.7 Å². The minimum absolute atomic E-state index is 0.0430. The van der Waals surface area contributed by atoms with Crippen LogP contribution in [0.3, 0.4) is 0 Å². The first-order chi connectivity index (χ1) is 11.2. The van der Waals surface area contributed by atoms with Crippen LogP contribution in [0.1, 0.15) is 59.8 Å². The monoisotopic (exact) mass is 334 g/mol. The summed E-state index contributed by atoms with van der Waals surface area (Å²) in [5, 5.41) is 22.1. The first-order valence-electron chi connectivity index (χ1n) is 9.32. The van der Waals surface area contributed by atoms with Gasteiger partial charge in [0.05, 0.1) is 18.3 Å². The van der Waals surface area contributed by atoms with E-state index in [1.807, 2.05) is 6.92 Å². The molecule has 4 bridgehead atoms. The summed E-state index contributed by atoms with van der Waals surface area (Å²) in [6.07, 6.45) is 5.88. The summed E-state index contributed by atoms with van der Waals surface area (Å²) in [5.74, 6) is -1.09. The van der Waals surface area contributed by atoms with Crippen molar-refractivity contribution in [3.8, 4) is 0 Å². The van der Waals surface area contributed by atoms with Gasteiger partial charge in [0, 0.05) is 5.57 Å². The molecule has 0 aromatic carbocycles. The lowest BCUT2D eigenvalue weighted by molar-refractivity contribution is -0.175. The van der Waals surface area contributed by atoms with Gasteiger partial charge in [-0.15, -0.1) is 0 Å². The van der Waals surface area contributed by atoms with E-state index in [2.05, 4.69) is 26.8 Å². The van der Waals surface area contributed by atoms with Crippen molar-refractivity contribution in [1.82, 2.24) is 0 Å². The molecule has 1 fully saturated rings. The van der Waals surface area contributed by atoms with Gasteiger partial charge in [0.25, 0.3) is 0 Å². The molecule has 24 heavy (non-hydrogen) atoms. The quantitative estimate of drug-likeness (QED) is 0.528. The highest BCUT2D eigenvalue weighted by Gasteiger charge is 2.68. The Balaban J connectivity index is 1.82. The maximum absolute atomic E-state index is 11.3. The molecule has 0 saturated carbocycles. The first kappa shape index (κ1) is 16.8. The Morgan fingerprint density at radius 3 is 2.75 bits per heavy atom. The standard InChI is InChI=1S/C20H30O4/c1-12-6-5-8-19(4)17(24-19)20(22)16-14(11-23-20)18(3,9-7-12)13(2)10-15(16)21/h6,13,15,17,21-22H,5,7-11H2,1-4H3/b12-6+/t13-,15+,17+,18+,19-,20+/m1/s1. The zero-order chi connectivity index (χ0) is 17.3. The number of hydrogen-bond acceptors (Lipinski definition) is 4. The van der Waals surface area contributed by atoms with Crippen LogP contribution in [-0.2, 0) is 9.47 Å². The fraction of sp³-hybridized carbons (Fsp3) is 0.800. The summed E-state index contributed by atoms with van der Waals surface area (Å²) in [4.78, 5) is 0. The number of ether oxygens (including phenoxy) is 2. The molecule has 0 unspecified atom stereocenters. The lowest BCUT2D eigenvalue weighted by Gasteiger charge is -2.44. The van der Waals surface area contributed by atoms with Crippen molar-refractivity contribution >= 4 is 0 Å². The summed E-state index contributed by atoms with van der Waals surface area (Å²) in [7, 11) is 0. The van der Waals surface area contributed by atoms with Crippen LogP contribution >= 0.6 is 0 Å². The van der Waals surface area contributed by atoms with Gasteiger partial charge < -0.3 is 19.7 Å². The molecular formula is C20H30O4. The summed E-state index contributed by atoms with van der Waals surface area (Å²) in [6.45, 7) is 9.15. The number of rotatable bonds is 0. The van der Waals surface area contributed by atoms with E-state index in [0.29, 0.717) is 24.5 Å². The second kappa shape index (κ2) is 5.16. The Morgan fingerprint density at radius 2 is 2.00 bits per heavy atom. The highest BCUT2D eigenvalue weighted by atomic mass is 16.7. The molecule has 134 valence electrons. The normalized spacial score (nSPS) is 53.6. The van der Waals surface area contributed by atoms with E-state index in [9.17, 15) is 10.2 Å².